The Morgan fingerprint density at radius 1 is 1.25 bits per heavy atom. The molecule has 1 aliphatic heterocycles. The van der Waals surface area contributed by atoms with E-state index in [1.807, 2.05) is 0 Å². The van der Waals surface area contributed by atoms with Crippen molar-refractivity contribution in [1.29, 1.82) is 0 Å². The molecule has 2 rings (SSSR count). The molecule has 0 aliphatic carbocycles. The Balaban J connectivity index is 2.60. The van der Waals surface area contributed by atoms with Crippen molar-refractivity contribution >= 4 is 12.0 Å². The Morgan fingerprint density at radius 2 is 1.83 bits per heavy atom. The average molecular weight is 344 g/mol. The van der Waals surface area contributed by atoms with E-state index in [2.05, 4.69) is 0 Å². The number of carbonyl (C=O) groups excluding carboxylic acids is 2. The van der Waals surface area contributed by atoms with Gasteiger partial charge in [0.2, 0.25) is 5.91 Å². The molecule has 1 fully saturated rings. The first-order chi connectivity index (χ1) is 10.9. The van der Waals surface area contributed by atoms with Crippen molar-refractivity contribution < 1.29 is 27.5 Å². The van der Waals surface area contributed by atoms with Gasteiger partial charge in [0, 0.05) is 5.56 Å². The lowest BCUT2D eigenvalue weighted by Crippen LogP contribution is -2.55. The minimum absolute atomic E-state index is 0.375. The number of nitrogens with zero attached hydrogens (tertiary/aromatic N) is 1. The van der Waals surface area contributed by atoms with Crippen LogP contribution >= 0.6 is 0 Å². The van der Waals surface area contributed by atoms with Crippen LogP contribution in [0.5, 0.6) is 0 Å². The minimum atomic E-state index is -3.41. The third kappa shape index (κ3) is 3.18. The highest BCUT2D eigenvalue weighted by molar-refractivity contribution is 5.91. The third-order valence-corrected chi connectivity index (χ3v) is 3.71. The summed E-state index contributed by atoms with van der Waals surface area (Å²) in [4.78, 5) is 25.0. The van der Waals surface area contributed by atoms with Crippen LogP contribution < -0.4 is 5.73 Å². The van der Waals surface area contributed by atoms with Gasteiger partial charge in [-0.3, -0.25) is 9.69 Å². The van der Waals surface area contributed by atoms with Gasteiger partial charge in [0.1, 0.15) is 11.4 Å². The van der Waals surface area contributed by atoms with E-state index < -0.39 is 47.8 Å². The number of carbonyl (C=O) groups is 2. The monoisotopic (exact) mass is 344 g/mol. The van der Waals surface area contributed by atoms with Crippen LogP contribution in [0.25, 0.3) is 0 Å². The summed E-state index contributed by atoms with van der Waals surface area (Å²) in [5, 5.41) is 0. The van der Waals surface area contributed by atoms with Crippen LogP contribution in [0.1, 0.15) is 32.8 Å². The molecule has 2 amide bonds. The molecule has 8 heteroatoms. The summed E-state index contributed by atoms with van der Waals surface area (Å²) in [6, 6.07) is 4.91. The zero-order chi connectivity index (χ0) is 18.3. The normalized spacial score (nSPS) is 23.2. The third-order valence-electron chi connectivity index (χ3n) is 3.71. The van der Waals surface area contributed by atoms with Crippen LogP contribution in [-0.2, 0) is 15.1 Å². The van der Waals surface area contributed by atoms with Gasteiger partial charge >= 0.3 is 6.09 Å². The molecular weight excluding hydrogens is 325 g/mol. The summed E-state index contributed by atoms with van der Waals surface area (Å²) in [7, 11) is 0. The minimum Gasteiger partial charge on any atom is -0.444 e. The number of hydrogen-bond acceptors (Lipinski definition) is 3. The number of benzene rings is 1. The van der Waals surface area contributed by atoms with Gasteiger partial charge in [0.15, 0.2) is 5.54 Å². The van der Waals surface area contributed by atoms with Gasteiger partial charge in [0.05, 0.1) is 13.0 Å². The number of alkyl halides is 2. The number of likely N-dealkylation sites (tertiary alicyclic amines) is 1. The zero-order valence-electron chi connectivity index (χ0n) is 13.6. The molecule has 1 heterocycles. The Labute approximate surface area is 137 Å². The SMILES string of the molecule is CC(C)(C)OC(=O)N1CC(F)(F)CC1(C(N)=O)c1ccccc1F. The molecule has 1 aliphatic rings. The van der Waals surface area contributed by atoms with Gasteiger partial charge in [-0.15, -0.1) is 0 Å². The second kappa shape index (κ2) is 5.68. The van der Waals surface area contributed by atoms with Crippen molar-refractivity contribution in [2.45, 2.75) is 44.3 Å². The highest BCUT2D eigenvalue weighted by Crippen LogP contribution is 2.47. The van der Waals surface area contributed by atoms with Gasteiger partial charge in [-0.05, 0) is 26.8 Å². The molecule has 1 aromatic rings. The molecular formula is C16H19F3N2O3. The van der Waals surface area contributed by atoms with Crippen LogP contribution in [-0.4, -0.2) is 35.0 Å². The smallest absolute Gasteiger partial charge is 0.411 e. The highest BCUT2D eigenvalue weighted by atomic mass is 19.3. The molecule has 0 bridgehead atoms. The summed E-state index contributed by atoms with van der Waals surface area (Å²) in [6.07, 6.45) is -2.25. The van der Waals surface area contributed by atoms with Crippen molar-refractivity contribution in [3.8, 4) is 0 Å². The molecule has 0 aromatic heterocycles. The van der Waals surface area contributed by atoms with E-state index in [1.165, 1.54) is 18.2 Å². The second-order valence-electron chi connectivity index (χ2n) is 6.80. The average Bonchev–Trinajstić information content (AvgIpc) is 2.70. The predicted molar refractivity (Wildman–Crippen MR) is 79.8 cm³/mol. The lowest BCUT2D eigenvalue weighted by molar-refractivity contribution is -0.129. The van der Waals surface area contributed by atoms with E-state index in [-0.39, 0.29) is 5.56 Å². The number of halogens is 3. The van der Waals surface area contributed by atoms with E-state index in [0.717, 1.165) is 6.07 Å². The Morgan fingerprint density at radius 3 is 2.33 bits per heavy atom. The first-order valence-electron chi connectivity index (χ1n) is 7.32. The van der Waals surface area contributed by atoms with Gasteiger partial charge in [-0.25, -0.2) is 18.0 Å². The fraction of sp³-hybridized carbons (Fsp3) is 0.500. The Kier molecular flexibility index (Phi) is 4.28. The number of primary amides is 1. The quantitative estimate of drug-likeness (QED) is 0.897. The van der Waals surface area contributed by atoms with Crippen molar-refractivity contribution in [1.82, 2.24) is 4.90 Å². The first kappa shape index (κ1) is 18.1. The van der Waals surface area contributed by atoms with E-state index in [9.17, 15) is 22.8 Å². The molecule has 0 saturated carbocycles. The largest absolute Gasteiger partial charge is 0.444 e. The van der Waals surface area contributed by atoms with E-state index in [4.69, 9.17) is 10.5 Å². The molecule has 24 heavy (non-hydrogen) atoms. The number of rotatable bonds is 2. The van der Waals surface area contributed by atoms with Gasteiger partial charge < -0.3 is 10.5 Å². The maximum absolute atomic E-state index is 14.2. The van der Waals surface area contributed by atoms with Crippen molar-refractivity contribution in [3.63, 3.8) is 0 Å². The first-order valence-corrected chi connectivity index (χ1v) is 7.32. The Bertz CT molecular complexity index is 673. The molecule has 0 radical (unpaired) electrons. The van der Waals surface area contributed by atoms with E-state index >= 15 is 0 Å². The summed E-state index contributed by atoms with van der Waals surface area (Å²) < 4.78 is 47.5. The Hall–Kier alpha value is -2.25. The lowest BCUT2D eigenvalue weighted by atomic mass is 9.85. The van der Waals surface area contributed by atoms with Crippen LogP contribution in [0.3, 0.4) is 0 Å². The molecule has 5 nitrogen and oxygen atoms in total. The summed E-state index contributed by atoms with van der Waals surface area (Å²) in [6.45, 7) is 3.57. The van der Waals surface area contributed by atoms with Crippen LogP contribution in [0, 0.1) is 5.82 Å². The van der Waals surface area contributed by atoms with Crippen LogP contribution in [0.4, 0.5) is 18.0 Å². The lowest BCUT2D eigenvalue weighted by Gasteiger charge is -2.36. The van der Waals surface area contributed by atoms with E-state index in [0.29, 0.717) is 4.90 Å². The molecule has 132 valence electrons. The van der Waals surface area contributed by atoms with Crippen molar-refractivity contribution in [2.24, 2.45) is 5.73 Å². The second-order valence-corrected chi connectivity index (χ2v) is 6.80. The molecule has 0 spiro atoms. The number of amides is 2. The zero-order valence-corrected chi connectivity index (χ0v) is 13.6. The van der Waals surface area contributed by atoms with Gasteiger partial charge in [0.25, 0.3) is 5.92 Å². The molecule has 1 saturated heterocycles. The summed E-state index contributed by atoms with van der Waals surface area (Å²) in [5.41, 5.74) is 1.70. The maximum atomic E-state index is 14.2. The number of nitrogens with two attached hydrogens (primary N) is 1. The fourth-order valence-corrected chi connectivity index (χ4v) is 2.82. The maximum Gasteiger partial charge on any atom is 0.411 e. The molecule has 1 unspecified atom stereocenters. The standard InChI is InChI=1S/C16H19F3N2O3/c1-14(2,3)24-13(23)21-9-15(18,19)8-16(21,12(20)22)10-6-4-5-7-11(10)17/h4-7H,8-9H2,1-3H3,(H2,20,22). The van der Waals surface area contributed by atoms with Gasteiger partial charge in [-0.2, -0.15) is 0 Å². The molecule has 1 atom stereocenters. The molecule has 2 N–H and O–H groups in total. The van der Waals surface area contributed by atoms with Crippen molar-refractivity contribution in [2.75, 3.05) is 6.54 Å². The van der Waals surface area contributed by atoms with Crippen LogP contribution in [0.2, 0.25) is 0 Å². The van der Waals surface area contributed by atoms with Crippen LogP contribution in [0.15, 0.2) is 24.3 Å². The van der Waals surface area contributed by atoms with Crippen molar-refractivity contribution in [3.05, 3.63) is 35.6 Å². The molecule has 1 aromatic carbocycles. The summed E-state index contributed by atoms with van der Waals surface area (Å²) >= 11 is 0. The van der Waals surface area contributed by atoms with Gasteiger partial charge in [-0.1, -0.05) is 18.2 Å². The highest BCUT2D eigenvalue weighted by Gasteiger charge is 2.62. The summed E-state index contributed by atoms with van der Waals surface area (Å²) in [5.74, 6) is -5.55. The predicted octanol–water partition coefficient (Wildman–Crippen LogP) is 2.78. The van der Waals surface area contributed by atoms with E-state index in [1.54, 1.807) is 20.8 Å². The topological polar surface area (TPSA) is 72.6 Å². The number of hydrogen-bond donors (Lipinski definition) is 1. The number of ether oxygens (including phenoxy) is 1. The fourth-order valence-electron chi connectivity index (χ4n) is 2.82.